The summed E-state index contributed by atoms with van der Waals surface area (Å²) in [5, 5.41) is 3.47. The second kappa shape index (κ2) is 5.61. The highest BCUT2D eigenvalue weighted by Gasteiger charge is 2.20. The Kier molecular flexibility index (Phi) is 4.63. The van der Waals surface area contributed by atoms with Crippen LogP contribution < -0.4 is 11.1 Å². The monoisotopic (exact) mass is 250 g/mol. The fourth-order valence-corrected chi connectivity index (χ4v) is 1.65. The lowest BCUT2D eigenvalue weighted by molar-refractivity contribution is -0.00846. The topological polar surface area (TPSA) is 47.3 Å². The van der Waals surface area contributed by atoms with Crippen LogP contribution in [0.15, 0.2) is 24.3 Å². The number of nitrogens with one attached hydrogen (secondary N) is 1. The van der Waals surface area contributed by atoms with Crippen LogP contribution in [-0.4, -0.2) is 17.7 Å². The van der Waals surface area contributed by atoms with E-state index >= 15 is 0 Å². The number of para-hydroxylation sites is 2. The Morgan fingerprint density at radius 2 is 1.72 bits per heavy atom. The van der Waals surface area contributed by atoms with E-state index in [4.69, 9.17) is 10.5 Å². The Morgan fingerprint density at radius 1 is 1.11 bits per heavy atom. The molecule has 0 fully saturated rings. The second-order valence-corrected chi connectivity index (χ2v) is 6.31. The van der Waals surface area contributed by atoms with E-state index in [1.165, 1.54) is 0 Å². The van der Waals surface area contributed by atoms with Gasteiger partial charge in [0, 0.05) is 12.1 Å². The number of nitrogens with two attached hydrogens (primary N) is 1. The molecule has 0 aliphatic carbocycles. The first-order valence-electron chi connectivity index (χ1n) is 6.46. The molecule has 1 aromatic rings. The zero-order valence-corrected chi connectivity index (χ0v) is 12.2. The molecule has 3 N–H and O–H groups in total. The molecule has 0 bridgehead atoms. The molecule has 0 amide bonds. The molecule has 1 rings (SSSR count). The number of nitrogen functional groups attached to an aromatic ring is 1. The summed E-state index contributed by atoms with van der Waals surface area (Å²) in [7, 11) is 0. The van der Waals surface area contributed by atoms with E-state index in [1.54, 1.807) is 0 Å². The minimum absolute atomic E-state index is 0.0409. The van der Waals surface area contributed by atoms with Crippen LogP contribution in [0.5, 0.6) is 0 Å². The van der Waals surface area contributed by atoms with Crippen molar-refractivity contribution < 1.29 is 4.74 Å². The maximum Gasteiger partial charge on any atom is 0.0598 e. The average Bonchev–Trinajstić information content (AvgIpc) is 2.18. The molecule has 0 aromatic heterocycles. The third-order valence-electron chi connectivity index (χ3n) is 2.70. The summed E-state index contributed by atoms with van der Waals surface area (Å²) in [5.41, 5.74) is 7.57. The zero-order chi connectivity index (χ0) is 13.8. The summed E-state index contributed by atoms with van der Waals surface area (Å²) < 4.78 is 5.76. The number of rotatable bonds is 5. The summed E-state index contributed by atoms with van der Waals surface area (Å²) in [4.78, 5) is 0. The molecule has 0 atom stereocenters. The van der Waals surface area contributed by atoms with Crippen molar-refractivity contribution in [2.75, 3.05) is 17.7 Å². The van der Waals surface area contributed by atoms with Crippen LogP contribution in [0.4, 0.5) is 11.4 Å². The molecular formula is C15H26N2O. The molecular weight excluding hydrogens is 224 g/mol. The van der Waals surface area contributed by atoms with Gasteiger partial charge in [0.25, 0.3) is 0 Å². The second-order valence-electron chi connectivity index (χ2n) is 6.31. The first-order valence-corrected chi connectivity index (χ1v) is 6.46. The molecule has 1 aromatic carbocycles. The third kappa shape index (κ3) is 5.41. The van der Waals surface area contributed by atoms with Gasteiger partial charge in [-0.2, -0.15) is 0 Å². The van der Waals surface area contributed by atoms with Crippen molar-refractivity contribution in [1.82, 2.24) is 0 Å². The smallest absolute Gasteiger partial charge is 0.0598 e. The molecule has 0 heterocycles. The highest BCUT2D eigenvalue weighted by atomic mass is 16.5. The van der Waals surface area contributed by atoms with Gasteiger partial charge in [0.05, 0.1) is 17.0 Å². The van der Waals surface area contributed by atoms with Gasteiger partial charge in [0.1, 0.15) is 0 Å². The van der Waals surface area contributed by atoms with E-state index in [1.807, 2.05) is 24.3 Å². The standard InChI is InChI=1S/C15H26N2O/c1-14(2,3)18-11-10-15(4,5)17-13-9-7-6-8-12(13)16/h6-9,17H,10-11,16H2,1-5H3. The van der Waals surface area contributed by atoms with Gasteiger partial charge < -0.3 is 15.8 Å². The Hall–Kier alpha value is -1.22. The summed E-state index contributed by atoms with van der Waals surface area (Å²) in [6.07, 6.45) is 0.929. The molecule has 3 nitrogen and oxygen atoms in total. The molecule has 0 unspecified atom stereocenters. The van der Waals surface area contributed by atoms with Crippen molar-refractivity contribution in [1.29, 1.82) is 0 Å². The maximum absolute atomic E-state index is 5.93. The molecule has 0 saturated carbocycles. The fourth-order valence-electron chi connectivity index (χ4n) is 1.65. The number of hydrogen-bond acceptors (Lipinski definition) is 3. The van der Waals surface area contributed by atoms with Gasteiger partial charge in [-0.25, -0.2) is 0 Å². The average molecular weight is 250 g/mol. The molecule has 0 aliphatic heterocycles. The first kappa shape index (κ1) is 14.8. The van der Waals surface area contributed by atoms with Gasteiger partial charge in [0.15, 0.2) is 0 Å². The summed E-state index contributed by atoms with van der Waals surface area (Å²) in [6.45, 7) is 11.3. The van der Waals surface area contributed by atoms with Crippen LogP contribution in [0, 0.1) is 0 Å². The Morgan fingerprint density at radius 3 is 2.28 bits per heavy atom. The maximum atomic E-state index is 5.93. The van der Waals surface area contributed by atoms with Gasteiger partial charge in [-0.15, -0.1) is 0 Å². The molecule has 0 radical (unpaired) electrons. The Labute approximate surface area is 111 Å². The highest BCUT2D eigenvalue weighted by molar-refractivity contribution is 5.66. The van der Waals surface area contributed by atoms with E-state index < -0.39 is 0 Å². The number of hydrogen-bond donors (Lipinski definition) is 2. The SMILES string of the molecule is CC(C)(CCOC(C)(C)C)Nc1ccccc1N. The lowest BCUT2D eigenvalue weighted by atomic mass is 10.00. The normalized spacial score (nSPS) is 12.5. The van der Waals surface area contributed by atoms with Crippen molar-refractivity contribution in [2.24, 2.45) is 0 Å². The van der Waals surface area contributed by atoms with E-state index in [2.05, 4.69) is 39.9 Å². The van der Waals surface area contributed by atoms with Crippen molar-refractivity contribution >= 4 is 11.4 Å². The Bertz CT molecular complexity index is 380. The number of ether oxygens (including phenoxy) is 1. The van der Waals surface area contributed by atoms with Crippen molar-refractivity contribution in [3.8, 4) is 0 Å². The quantitative estimate of drug-likeness (QED) is 0.784. The van der Waals surface area contributed by atoms with Gasteiger partial charge in [0.2, 0.25) is 0 Å². The predicted octanol–water partition coefficient (Wildman–Crippen LogP) is 3.66. The molecule has 0 aliphatic rings. The van der Waals surface area contributed by atoms with E-state index in [0.717, 1.165) is 24.4 Å². The zero-order valence-electron chi connectivity index (χ0n) is 12.2. The van der Waals surface area contributed by atoms with E-state index in [9.17, 15) is 0 Å². The largest absolute Gasteiger partial charge is 0.397 e. The number of benzene rings is 1. The molecule has 102 valence electrons. The minimum atomic E-state index is -0.0815. The summed E-state index contributed by atoms with van der Waals surface area (Å²) >= 11 is 0. The Balaban J connectivity index is 2.52. The third-order valence-corrected chi connectivity index (χ3v) is 2.70. The molecule has 18 heavy (non-hydrogen) atoms. The molecule has 0 saturated heterocycles. The van der Waals surface area contributed by atoms with Crippen LogP contribution in [0.1, 0.15) is 41.0 Å². The lowest BCUT2D eigenvalue weighted by Crippen LogP contribution is -2.34. The first-order chi connectivity index (χ1) is 8.20. The van der Waals surface area contributed by atoms with Crippen LogP contribution in [0.3, 0.4) is 0 Å². The fraction of sp³-hybridized carbons (Fsp3) is 0.600. The lowest BCUT2D eigenvalue weighted by Gasteiger charge is -2.30. The molecule has 3 heteroatoms. The van der Waals surface area contributed by atoms with Gasteiger partial charge >= 0.3 is 0 Å². The molecule has 0 spiro atoms. The van der Waals surface area contributed by atoms with Gasteiger partial charge in [-0.1, -0.05) is 12.1 Å². The van der Waals surface area contributed by atoms with Crippen LogP contribution in [0.2, 0.25) is 0 Å². The summed E-state index contributed by atoms with van der Waals surface area (Å²) in [6, 6.07) is 7.84. The van der Waals surface area contributed by atoms with Crippen molar-refractivity contribution in [3.05, 3.63) is 24.3 Å². The minimum Gasteiger partial charge on any atom is -0.397 e. The number of anilines is 2. The van der Waals surface area contributed by atoms with Crippen LogP contribution in [0.25, 0.3) is 0 Å². The van der Waals surface area contributed by atoms with Crippen LogP contribution in [-0.2, 0) is 4.74 Å². The van der Waals surface area contributed by atoms with Gasteiger partial charge in [-0.3, -0.25) is 0 Å². The van der Waals surface area contributed by atoms with E-state index in [0.29, 0.717) is 0 Å². The van der Waals surface area contributed by atoms with Crippen molar-refractivity contribution in [3.63, 3.8) is 0 Å². The van der Waals surface area contributed by atoms with Crippen LogP contribution >= 0.6 is 0 Å². The summed E-state index contributed by atoms with van der Waals surface area (Å²) in [5.74, 6) is 0. The van der Waals surface area contributed by atoms with Gasteiger partial charge in [-0.05, 0) is 53.2 Å². The predicted molar refractivity (Wildman–Crippen MR) is 78.9 cm³/mol. The highest BCUT2D eigenvalue weighted by Crippen LogP contribution is 2.24. The van der Waals surface area contributed by atoms with Crippen molar-refractivity contribution in [2.45, 2.75) is 52.2 Å². The van der Waals surface area contributed by atoms with E-state index in [-0.39, 0.29) is 11.1 Å².